The molecule has 1 aliphatic rings. The van der Waals surface area contributed by atoms with Crippen molar-refractivity contribution < 1.29 is 27.1 Å². The van der Waals surface area contributed by atoms with Crippen molar-refractivity contribution >= 4 is 27.5 Å². The minimum absolute atomic E-state index is 0.0239. The molecule has 4 rings (SSSR count). The van der Waals surface area contributed by atoms with Crippen molar-refractivity contribution in [1.29, 1.82) is 0 Å². The lowest BCUT2D eigenvalue weighted by molar-refractivity contribution is -0.141. The molecular formula is C34H42FN3O5S. The van der Waals surface area contributed by atoms with Crippen molar-refractivity contribution in [2.45, 2.75) is 70.0 Å². The number of hydrogen-bond donors (Lipinski definition) is 1. The highest BCUT2D eigenvalue weighted by atomic mass is 32.2. The molecule has 2 amide bonds. The minimum atomic E-state index is -3.70. The number of halogens is 1. The highest BCUT2D eigenvalue weighted by Gasteiger charge is 2.32. The standard InChI is InChI=1S/C34H42FN3O5S/c1-43-32-21-12-11-20-30(32)38(44(2,41)42)23-13-22-33(39)37(25-27-16-9-10-19-29(27)35)31(24-26-14-5-3-6-15-26)34(40)36-28-17-7-4-8-18-28/h3,5-6,9-12,14-16,19-21,28,31H,4,7-8,13,17-18,22-25H2,1-2H3,(H,36,40)/t31-/m1/s1. The van der Waals surface area contributed by atoms with Gasteiger partial charge in [0.1, 0.15) is 17.6 Å². The molecule has 0 radical (unpaired) electrons. The second-order valence-corrected chi connectivity index (χ2v) is 13.2. The summed E-state index contributed by atoms with van der Waals surface area (Å²) in [6.07, 6.45) is 6.48. The number of ether oxygens (including phenoxy) is 1. The molecule has 1 atom stereocenters. The first-order chi connectivity index (χ1) is 21.2. The Bertz CT molecular complexity index is 1500. The van der Waals surface area contributed by atoms with Gasteiger partial charge in [0.25, 0.3) is 0 Å². The van der Waals surface area contributed by atoms with E-state index in [4.69, 9.17) is 4.74 Å². The smallest absolute Gasteiger partial charge is 0.243 e. The zero-order valence-corrected chi connectivity index (χ0v) is 26.3. The molecule has 0 bridgehead atoms. The fourth-order valence-electron chi connectivity index (χ4n) is 5.73. The van der Waals surface area contributed by atoms with Gasteiger partial charge >= 0.3 is 0 Å². The molecule has 1 N–H and O–H groups in total. The van der Waals surface area contributed by atoms with E-state index in [0.717, 1.165) is 43.9 Å². The van der Waals surface area contributed by atoms with E-state index in [9.17, 15) is 22.4 Å². The summed E-state index contributed by atoms with van der Waals surface area (Å²) in [4.78, 5) is 29.4. The van der Waals surface area contributed by atoms with E-state index >= 15 is 0 Å². The SMILES string of the molecule is COc1ccccc1N(CCCC(=O)N(Cc1ccccc1F)[C@H](Cc1ccccc1)C(=O)NC1CCCCC1)S(C)(=O)=O. The number of carbonyl (C=O) groups is 2. The topological polar surface area (TPSA) is 96.0 Å². The number of sulfonamides is 1. The van der Waals surface area contributed by atoms with E-state index in [0.29, 0.717) is 17.0 Å². The predicted molar refractivity (Wildman–Crippen MR) is 170 cm³/mol. The second kappa shape index (κ2) is 15.7. The zero-order chi connectivity index (χ0) is 31.5. The zero-order valence-electron chi connectivity index (χ0n) is 25.5. The number of nitrogens with zero attached hydrogens (tertiary/aromatic N) is 2. The molecule has 3 aromatic rings. The fourth-order valence-corrected chi connectivity index (χ4v) is 6.70. The third kappa shape index (κ3) is 9.05. The number of anilines is 1. The van der Waals surface area contributed by atoms with E-state index < -0.39 is 21.9 Å². The van der Waals surface area contributed by atoms with Crippen LogP contribution in [0, 0.1) is 5.82 Å². The Hall–Kier alpha value is -3.92. The molecule has 8 nitrogen and oxygen atoms in total. The van der Waals surface area contributed by atoms with Crippen molar-refractivity contribution in [2.24, 2.45) is 0 Å². The highest BCUT2D eigenvalue weighted by molar-refractivity contribution is 7.92. The minimum Gasteiger partial charge on any atom is -0.495 e. The van der Waals surface area contributed by atoms with Crippen LogP contribution in [0.3, 0.4) is 0 Å². The maximum Gasteiger partial charge on any atom is 0.243 e. The summed E-state index contributed by atoms with van der Waals surface area (Å²) in [6, 6.07) is 21.6. The normalized spacial score (nSPS) is 14.4. The average Bonchev–Trinajstić information content (AvgIpc) is 3.02. The van der Waals surface area contributed by atoms with Crippen LogP contribution in [0.1, 0.15) is 56.1 Å². The van der Waals surface area contributed by atoms with Crippen molar-refractivity contribution in [3.8, 4) is 5.75 Å². The number of para-hydroxylation sites is 2. The summed E-state index contributed by atoms with van der Waals surface area (Å²) >= 11 is 0. The summed E-state index contributed by atoms with van der Waals surface area (Å²) < 4.78 is 47.0. The fraction of sp³-hybridized carbons (Fsp3) is 0.412. The van der Waals surface area contributed by atoms with Gasteiger partial charge in [0, 0.05) is 37.5 Å². The van der Waals surface area contributed by atoms with Gasteiger partial charge in [-0.05, 0) is 43.0 Å². The first-order valence-corrected chi connectivity index (χ1v) is 17.0. The molecule has 0 aliphatic heterocycles. The van der Waals surface area contributed by atoms with Crippen LogP contribution in [0.5, 0.6) is 5.75 Å². The van der Waals surface area contributed by atoms with E-state index in [-0.39, 0.29) is 50.2 Å². The van der Waals surface area contributed by atoms with Gasteiger partial charge in [0.05, 0.1) is 19.1 Å². The summed E-state index contributed by atoms with van der Waals surface area (Å²) in [7, 11) is -2.23. The number of benzene rings is 3. The number of hydrogen-bond acceptors (Lipinski definition) is 5. The molecule has 0 unspecified atom stereocenters. The van der Waals surface area contributed by atoms with Crippen LogP contribution in [-0.4, -0.2) is 57.1 Å². The van der Waals surface area contributed by atoms with Crippen molar-refractivity contribution in [3.63, 3.8) is 0 Å². The first-order valence-electron chi connectivity index (χ1n) is 15.1. The summed E-state index contributed by atoms with van der Waals surface area (Å²) in [5.74, 6) is -0.692. The quantitative estimate of drug-likeness (QED) is 0.257. The maximum absolute atomic E-state index is 14.9. The Kier molecular flexibility index (Phi) is 11.8. The lowest BCUT2D eigenvalue weighted by Gasteiger charge is -2.34. The third-order valence-corrected chi connectivity index (χ3v) is 9.21. The van der Waals surface area contributed by atoms with Gasteiger partial charge in [-0.3, -0.25) is 13.9 Å². The number of rotatable bonds is 14. The Labute approximate surface area is 260 Å². The average molecular weight is 624 g/mol. The van der Waals surface area contributed by atoms with Gasteiger partial charge < -0.3 is 15.0 Å². The molecule has 3 aromatic carbocycles. The molecule has 0 spiro atoms. The second-order valence-electron chi connectivity index (χ2n) is 11.3. The molecule has 236 valence electrons. The Morgan fingerprint density at radius 2 is 1.61 bits per heavy atom. The Morgan fingerprint density at radius 1 is 0.955 bits per heavy atom. The lowest BCUT2D eigenvalue weighted by atomic mass is 9.94. The van der Waals surface area contributed by atoms with Crippen LogP contribution < -0.4 is 14.4 Å². The molecular weight excluding hydrogens is 581 g/mol. The van der Waals surface area contributed by atoms with Crippen LogP contribution in [-0.2, 0) is 32.6 Å². The van der Waals surface area contributed by atoms with Crippen LogP contribution in [0.25, 0.3) is 0 Å². The maximum atomic E-state index is 14.9. The van der Waals surface area contributed by atoms with Gasteiger partial charge in [-0.1, -0.05) is 79.9 Å². The van der Waals surface area contributed by atoms with E-state index in [2.05, 4.69) is 5.32 Å². The number of methoxy groups -OCH3 is 1. The monoisotopic (exact) mass is 623 g/mol. The first kappa shape index (κ1) is 33.0. The summed E-state index contributed by atoms with van der Waals surface area (Å²) in [6.45, 7) is -0.0699. The molecule has 1 aliphatic carbocycles. The van der Waals surface area contributed by atoms with Gasteiger partial charge in [0.15, 0.2) is 0 Å². The van der Waals surface area contributed by atoms with Gasteiger partial charge in [0.2, 0.25) is 21.8 Å². The van der Waals surface area contributed by atoms with Gasteiger partial charge in [-0.15, -0.1) is 0 Å². The van der Waals surface area contributed by atoms with Gasteiger partial charge in [-0.25, -0.2) is 12.8 Å². The van der Waals surface area contributed by atoms with Crippen molar-refractivity contribution in [2.75, 3.05) is 24.2 Å². The van der Waals surface area contributed by atoms with Crippen molar-refractivity contribution in [3.05, 3.63) is 95.8 Å². The molecule has 10 heteroatoms. The Balaban J connectivity index is 1.61. The molecule has 0 saturated heterocycles. The third-order valence-electron chi connectivity index (χ3n) is 8.03. The van der Waals surface area contributed by atoms with Crippen molar-refractivity contribution in [1.82, 2.24) is 10.2 Å². The van der Waals surface area contributed by atoms with Crippen LogP contribution in [0.15, 0.2) is 78.9 Å². The van der Waals surface area contributed by atoms with Gasteiger partial charge in [-0.2, -0.15) is 0 Å². The largest absolute Gasteiger partial charge is 0.495 e. The van der Waals surface area contributed by atoms with E-state index in [1.165, 1.54) is 22.4 Å². The molecule has 1 saturated carbocycles. The molecule has 0 aromatic heterocycles. The van der Waals surface area contributed by atoms with Crippen LogP contribution in [0.4, 0.5) is 10.1 Å². The molecule has 1 fully saturated rings. The van der Waals surface area contributed by atoms with Crippen LogP contribution in [0.2, 0.25) is 0 Å². The number of amides is 2. The number of carbonyl (C=O) groups excluding carboxylic acids is 2. The summed E-state index contributed by atoms with van der Waals surface area (Å²) in [5, 5.41) is 3.18. The Morgan fingerprint density at radius 3 is 2.30 bits per heavy atom. The highest BCUT2D eigenvalue weighted by Crippen LogP contribution is 2.30. The summed E-state index contributed by atoms with van der Waals surface area (Å²) in [5.41, 5.74) is 1.56. The predicted octanol–water partition coefficient (Wildman–Crippen LogP) is 5.47. The number of nitrogens with one attached hydrogen (secondary N) is 1. The van der Waals surface area contributed by atoms with E-state index in [1.54, 1.807) is 42.5 Å². The molecule has 0 heterocycles. The molecule has 44 heavy (non-hydrogen) atoms. The van der Waals surface area contributed by atoms with Crippen LogP contribution >= 0.6 is 0 Å². The lowest BCUT2D eigenvalue weighted by Crippen LogP contribution is -2.53. The van der Waals surface area contributed by atoms with E-state index in [1.807, 2.05) is 30.3 Å².